The Morgan fingerprint density at radius 3 is 1.69 bits per heavy atom. The van der Waals surface area contributed by atoms with E-state index in [-0.39, 0.29) is 64.0 Å². The summed E-state index contributed by atoms with van der Waals surface area (Å²) in [7, 11) is -4.35. The quantitative estimate of drug-likeness (QED) is 0.235. The second-order valence-electron chi connectivity index (χ2n) is 5.99. The molecule has 0 N–H and O–H groups in total. The van der Waals surface area contributed by atoms with Gasteiger partial charge in [0.05, 0.1) is 4.90 Å². The smallest absolute Gasteiger partial charge is 0.769 e. The summed E-state index contributed by atoms with van der Waals surface area (Å²) in [5.74, 6) is 0. The molecule has 1 aromatic rings. The number of hydrogen-bond donors (Lipinski definition) is 0. The molecule has 0 heterocycles. The van der Waals surface area contributed by atoms with Gasteiger partial charge in [0.25, 0.3) is 0 Å². The van der Waals surface area contributed by atoms with Crippen LogP contribution in [0.3, 0.4) is 0 Å². The minimum absolute atomic E-state index is 0. The summed E-state index contributed by atoms with van der Waals surface area (Å²) in [6.07, 6.45) is 13.2. The van der Waals surface area contributed by atoms with E-state index in [1.807, 2.05) is 0 Å². The maximum atomic E-state index is 11.2. The van der Waals surface area contributed by atoms with Gasteiger partial charge in [0.2, 0.25) is 0 Å². The standard InChI is InChI=1S/C18H30O3S.ClO.2Na/c1-2-3-4-5-6-7-8-9-10-11-14-17-15-12-13-16-18(17)22(19,20)21;1-2;;/h12-13,15-16H,2-11,14H2,1H3,(H,19,20,21);;;/q;-1;2*+1/p-1. The normalized spacial score (nSPS) is 10.2. The molecule has 8 heteroatoms. The van der Waals surface area contributed by atoms with E-state index in [9.17, 15) is 13.0 Å². The fraction of sp³-hybridized carbons (Fsp3) is 0.667. The van der Waals surface area contributed by atoms with Gasteiger partial charge in [-0.1, -0.05) is 82.9 Å². The van der Waals surface area contributed by atoms with Gasteiger partial charge in [0.15, 0.2) is 0 Å². The summed E-state index contributed by atoms with van der Waals surface area (Å²) in [6, 6.07) is 6.56. The minimum Gasteiger partial charge on any atom is -0.769 e. The Morgan fingerprint density at radius 2 is 1.23 bits per heavy atom. The van der Waals surface area contributed by atoms with Crippen LogP contribution in [0, 0.1) is 0 Å². The van der Waals surface area contributed by atoms with E-state index < -0.39 is 10.1 Å². The number of hydrogen-bond acceptors (Lipinski definition) is 4. The van der Waals surface area contributed by atoms with Crippen LogP contribution in [0.1, 0.15) is 76.7 Å². The Hall–Kier alpha value is 1.38. The van der Waals surface area contributed by atoms with Crippen LogP contribution in [0.4, 0.5) is 0 Å². The second kappa shape index (κ2) is 21.1. The molecule has 0 radical (unpaired) electrons. The fourth-order valence-electron chi connectivity index (χ4n) is 2.76. The number of unbranched alkanes of at least 4 members (excludes halogenated alkanes) is 9. The molecule has 0 fully saturated rings. The first-order valence-corrected chi connectivity index (χ1v) is 10.5. The number of aryl methyl sites for hydroxylation is 1. The molecule has 0 aromatic heterocycles. The van der Waals surface area contributed by atoms with Crippen LogP contribution in [0.2, 0.25) is 0 Å². The number of benzene rings is 1. The third-order valence-corrected chi connectivity index (χ3v) is 4.98. The maximum absolute atomic E-state index is 11.2. The minimum atomic E-state index is -4.35. The molecule has 4 nitrogen and oxygen atoms in total. The molecule has 0 aliphatic carbocycles. The molecule has 0 bridgehead atoms. The van der Waals surface area contributed by atoms with Gasteiger partial charge in [-0.05, 0) is 24.5 Å². The first kappa shape index (κ1) is 32.1. The Labute approximate surface area is 209 Å². The van der Waals surface area contributed by atoms with Gasteiger partial charge >= 0.3 is 59.1 Å². The van der Waals surface area contributed by atoms with Gasteiger partial charge in [-0.25, -0.2) is 20.3 Å². The van der Waals surface area contributed by atoms with Gasteiger partial charge in [-0.15, -0.1) is 0 Å². The zero-order valence-corrected chi connectivity index (χ0v) is 22.1. The van der Waals surface area contributed by atoms with Crippen molar-refractivity contribution in [3.63, 3.8) is 0 Å². The molecule has 0 aliphatic heterocycles. The Balaban J connectivity index is -0.00000127. The zero-order chi connectivity index (χ0) is 18.3. The maximum Gasteiger partial charge on any atom is 1.00 e. The SMILES string of the molecule is CCCCCCCCCCCCc1ccccc1S(=O)(=O)[O-].[Na+].[Na+].[O-]Cl. The van der Waals surface area contributed by atoms with Crippen molar-refractivity contribution in [1.82, 2.24) is 0 Å². The summed E-state index contributed by atoms with van der Waals surface area (Å²) >= 11 is 3.39. The average Bonchev–Trinajstić information content (AvgIpc) is 2.58. The third-order valence-electron chi connectivity index (χ3n) is 4.04. The molecule has 1 rings (SSSR count). The summed E-state index contributed by atoms with van der Waals surface area (Å²) in [6.45, 7) is 2.23. The van der Waals surface area contributed by atoms with Gasteiger partial charge in [-0.2, -0.15) is 0 Å². The molecular weight excluding hydrogens is 394 g/mol. The summed E-state index contributed by atoms with van der Waals surface area (Å²) in [5, 5.41) is 0. The van der Waals surface area contributed by atoms with Crippen molar-refractivity contribution < 1.29 is 76.7 Å². The van der Waals surface area contributed by atoms with Crippen molar-refractivity contribution in [3.8, 4) is 0 Å². The largest absolute Gasteiger partial charge is 1.00 e. The van der Waals surface area contributed by atoms with E-state index in [1.165, 1.54) is 57.4 Å². The zero-order valence-electron chi connectivity index (χ0n) is 16.5. The molecule has 140 valence electrons. The monoisotopic (exact) mass is 422 g/mol. The summed E-state index contributed by atoms with van der Waals surface area (Å²) in [5.41, 5.74) is 0.664. The molecule has 0 saturated carbocycles. The van der Waals surface area contributed by atoms with E-state index in [1.54, 1.807) is 18.2 Å². The van der Waals surface area contributed by atoms with Crippen molar-refractivity contribution in [3.05, 3.63) is 29.8 Å². The molecule has 0 amide bonds. The van der Waals surface area contributed by atoms with Crippen LogP contribution in [0.15, 0.2) is 29.2 Å². The third kappa shape index (κ3) is 16.3. The first-order chi connectivity index (χ1) is 11.6. The number of halogens is 1. The van der Waals surface area contributed by atoms with Crippen LogP contribution < -0.4 is 63.8 Å². The Kier molecular flexibility index (Phi) is 26.0. The van der Waals surface area contributed by atoms with Gasteiger partial charge in [0.1, 0.15) is 10.1 Å². The van der Waals surface area contributed by atoms with E-state index in [0.29, 0.717) is 12.0 Å². The molecule has 0 saturated heterocycles. The van der Waals surface area contributed by atoms with E-state index in [4.69, 9.17) is 4.66 Å². The van der Waals surface area contributed by atoms with E-state index in [2.05, 4.69) is 18.8 Å². The van der Waals surface area contributed by atoms with Crippen molar-refractivity contribution in [2.45, 2.75) is 82.4 Å². The van der Waals surface area contributed by atoms with Crippen molar-refractivity contribution in [2.24, 2.45) is 0 Å². The van der Waals surface area contributed by atoms with Crippen molar-refractivity contribution in [2.75, 3.05) is 0 Å². The molecule has 0 aliphatic rings. The second-order valence-corrected chi connectivity index (χ2v) is 7.34. The predicted octanol–water partition coefficient (Wildman–Crippen LogP) is -1.44. The number of rotatable bonds is 12. The van der Waals surface area contributed by atoms with Crippen LogP contribution in [0.25, 0.3) is 0 Å². The van der Waals surface area contributed by atoms with Crippen LogP contribution in [0.5, 0.6) is 0 Å². The summed E-state index contributed by atoms with van der Waals surface area (Å²) in [4.78, 5) is -0.0501. The first-order valence-electron chi connectivity index (χ1n) is 8.75. The molecule has 26 heavy (non-hydrogen) atoms. The topological polar surface area (TPSA) is 80.3 Å². The van der Waals surface area contributed by atoms with Crippen molar-refractivity contribution in [1.29, 1.82) is 0 Å². The molecule has 0 atom stereocenters. The Morgan fingerprint density at radius 1 is 0.808 bits per heavy atom. The van der Waals surface area contributed by atoms with Crippen LogP contribution in [-0.4, -0.2) is 13.0 Å². The van der Waals surface area contributed by atoms with E-state index >= 15 is 0 Å². The van der Waals surface area contributed by atoms with Gasteiger partial charge < -0.3 is 9.21 Å². The molecule has 0 spiro atoms. The molecule has 1 aromatic carbocycles. The molecule has 0 unspecified atom stereocenters. The van der Waals surface area contributed by atoms with Gasteiger partial charge in [-0.3, -0.25) is 0 Å². The summed E-state index contributed by atoms with van der Waals surface area (Å²) < 4.78 is 41.3. The van der Waals surface area contributed by atoms with Crippen molar-refractivity contribution >= 4 is 22.0 Å². The Bertz CT molecular complexity index is 528. The predicted molar refractivity (Wildman–Crippen MR) is 95.8 cm³/mol. The van der Waals surface area contributed by atoms with Gasteiger partial charge in [0, 0.05) is 0 Å². The van der Waals surface area contributed by atoms with E-state index in [0.717, 1.165) is 12.8 Å². The molecular formula is C18H29ClNa2O4S. The van der Waals surface area contributed by atoms with Crippen LogP contribution in [-0.2, 0) is 16.5 Å². The fourth-order valence-corrected chi connectivity index (χ4v) is 3.49. The average molecular weight is 423 g/mol. The van der Waals surface area contributed by atoms with Crippen LogP contribution >= 0.6 is 11.9 Å².